The fourth-order valence-corrected chi connectivity index (χ4v) is 5.24. The van der Waals surface area contributed by atoms with Crippen molar-refractivity contribution in [3.05, 3.63) is 53.9 Å². The molecule has 1 amide bonds. The summed E-state index contributed by atoms with van der Waals surface area (Å²) in [5.74, 6) is 4.11. The van der Waals surface area contributed by atoms with Gasteiger partial charge in [-0.05, 0) is 63.0 Å². The number of terminal acetylenes is 1. The van der Waals surface area contributed by atoms with Crippen LogP contribution < -0.4 is 10.1 Å². The zero-order valence-corrected chi connectivity index (χ0v) is 20.2. The number of hydrogen-bond acceptors (Lipinski definition) is 6. The number of benzene rings is 2. The standard InChI is InChI=1S/C28H31N5O2/c1-3-20-7-6-8-22(15-20)31-28-24-16-21(26(35-2)18-25(24)29-19-30-28)17-27(34)33-13-9-23(10-14-33)32-11-4-5-12-32/h1,6-8,15-16,18-19,23H,4-5,9-14,17H2,2H3,(H,29,30,31). The van der Waals surface area contributed by atoms with E-state index in [1.54, 1.807) is 7.11 Å². The Morgan fingerprint density at radius 3 is 2.69 bits per heavy atom. The Labute approximate surface area is 206 Å². The van der Waals surface area contributed by atoms with E-state index in [9.17, 15) is 4.79 Å². The van der Waals surface area contributed by atoms with Crippen LogP contribution in [0.2, 0.25) is 0 Å². The number of likely N-dealkylation sites (tertiary alicyclic amines) is 2. The summed E-state index contributed by atoms with van der Waals surface area (Å²) in [5.41, 5.74) is 3.21. The molecule has 2 aliphatic rings. The molecule has 0 atom stereocenters. The van der Waals surface area contributed by atoms with Crippen LogP contribution in [0.4, 0.5) is 11.5 Å². The molecule has 0 aliphatic carbocycles. The first-order chi connectivity index (χ1) is 17.1. The fraction of sp³-hybridized carbons (Fsp3) is 0.393. The number of nitrogens with one attached hydrogen (secondary N) is 1. The van der Waals surface area contributed by atoms with Crippen LogP contribution in [0.1, 0.15) is 36.8 Å². The number of piperidine rings is 1. The van der Waals surface area contributed by atoms with Crippen molar-refractivity contribution in [3.63, 3.8) is 0 Å². The van der Waals surface area contributed by atoms with Crippen LogP contribution in [-0.4, -0.2) is 65.0 Å². The largest absolute Gasteiger partial charge is 0.496 e. The quantitative estimate of drug-likeness (QED) is 0.551. The Morgan fingerprint density at radius 1 is 1.14 bits per heavy atom. The van der Waals surface area contributed by atoms with Crippen LogP contribution in [0.3, 0.4) is 0 Å². The highest BCUT2D eigenvalue weighted by Gasteiger charge is 2.28. The molecule has 0 spiro atoms. The summed E-state index contributed by atoms with van der Waals surface area (Å²) in [6, 6.07) is 12.1. The number of methoxy groups -OCH3 is 1. The van der Waals surface area contributed by atoms with Gasteiger partial charge >= 0.3 is 0 Å². The maximum atomic E-state index is 13.2. The molecule has 5 rings (SSSR count). The van der Waals surface area contributed by atoms with Crippen molar-refractivity contribution >= 4 is 28.3 Å². The molecule has 0 saturated carbocycles. The molecule has 2 saturated heterocycles. The molecule has 35 heavy (non-hydrogen) atoms. The van der Waals surface area contributed by atoms with E-state index >= 15 is 0 Å². The Bertz CT molecular complexity index is 1250. The zero-order valence-electron chi connectivity index (χ0n) is 20.2. The smallest absolute Gasteiger partial charge is 0.227 e. The van der Waals surface area contributed by atoms with E-state index in [1.807, 2.05) is 41.3 Å². The molecule has 2 aromatic carbocycles. The molecule has 7 nitrogen and oxygen atoms in total. The topological polar surface area (TPSA) is 70.6 Å². The van der Waals surface area contributed by atoms with Gasteiger partial charge in [0.05, 0.1) is 19.0 Å². The van der Waals surface area contributed by atoms with Crippen molar-refractivity contribution in [3.8, 4) is 18.1 Å². The number of carbonyl (C=O) groups is 1. The number of nitrogens with zero attached hydrogens (tertiary/aromatic N) is 4. The van der Waals surface area contributed by atoms with Crippen LogP contribution in [0.15, 0.2) is 42.7 Å². The van der Waals surface area contributed by atoms with E-state index in [0.717, 1.165) is 53.6 Å². The van der Waals surface area contributed by atoms with Crippen molar-refractivity contribution in [2.75, 3.05) is 38.6 Å². The molecule has 1 N–H and O–H groups in total. The van der Waals surface area contributed by atoms with Gasteiger partial charge in [-0.2, -0.15) is 0 Å². The lowest BCUT2D eigenvalue weighted by atomic mass is 10.0. The molecular weight excluding hydrogens is 438 g/mol. The minimum atomic E-state index is 0.135. The first kappa shape index (κ1) is 23.1. The Morgan fingerprint density at radius 2 is 1.94 bits per heavy atom. The average Bonchev–Trinajstić information content (AvgIpc) is 3.44. The second-order valence-corrected chi connectivity index (χ2v) is 9.29. The van der Waals surface area contributed by atoms with Gasteiger partial charge in [-0.25, -0.2) is 9.97 Å². The molecule has 2 aliphatic heterocycles. The summed E-state index contributed by atoms with van der Waals surface area (Å²) >= 11 is 0. The van der Waals surface area contributed by atoms with E-state index in [0.29, 0.717) is 17.6 Å². The fourth-order valence-electron chi connectivity index (χ4n) is 5.24. The second-order valence-electron chi connectivity index (χ2n) is 9.29. The van der Waals surface area contributed by atoms with Crippen molar-refractivity contribution in [2.24, 2.45) is 0 Å². The summed E-state index contributed by atoms with van der Waals surface area (Å²) in [6.45, 7) is 4.05. The number of ether oxygens (including phenoxy) is 1. The van der Waals surface area contributed by atoms with Crippen molar-refractivity contribution in [2.45, 2.75) is 38.1 Å². The number of amides is 1. The van der Waals surface area contributed by atoms with E-state index in [-0.39, 0.29) is 12.3 Å². The van der Waals surface area contributed by atoms with Gasteiger partial charge in [0, 0.05) is 47.4 Å². The van der Waals surface area contributed by atoms with E-state index in [2.05, 4.69) is 26.1 Å². The minimum Gasteiger partial charge on any atom is -0.496 e. The summed E-state index contributed by atoms with van der Waals surface area (Å²) in [4.78, 5) is 26.7. The van der Waals surface area contributed by atoms with Gasteiger partial charge in [-0.1, -0.05) is 12.0 Å². The lowest BCUT2D eigenvalue weighted by molar-refractivity contribution is -0.132. The number of rotatable bonds is 6. The Hall–Kier alpha value is -3.63. The molecule has 1 aromatic heterocycles. The predicted molar refractivity (Wildman–Crippen MR) is 138 cm³/mol. The van der Waals surface area contributed by atoms with Gasteiger partial charge in [0.2, 0.25) is 5.91 Å². The van der Waals surface area contributed by atoms with Crippen LogP contribution >= 0.6 is 0 Å². The molecule has 2 fully saturated rings. The third-order valence-electron chi connectivity index (χ3n) is 7.15. The molecule has 0 bridgehead atoms. The number of anilines is 2. The number of aromatic nitrogens is 2. The second kappa shape index (κ2) is 10.3. The third-order valence-corrected chi connectivity index (χ3v) is 7.15. The monoisotopic (exact) mass is 469 g/mol. The van der Waals surface area contributed by atoms with Crippen molar-refractivity contribution in [1.82, 2.24) is 19.8 Å². The molecule has 3 heterocycles. The van der Waals surface area contributed by atoms with Gasteiger partial charge < -0.3 is 19.9 Å². The van der Waals surface area contributed by atoms with Crippen LogP contribution in [-0.2, 0) is 11.2 Å². The Kier molecular flexibility index (Phi) is 6.82. The average molecular weight is 470 g/mol. The van der Waals surface area contributed by atoms with Crippen molar-refractivity contribution < 1.29 is 9.53 Å². The van der Waals surface area contributed by atoms with Gasteiger partial charge in [-0.15, -0.1) is 6.42 Å². The van der Waals surface area contributed by atoms with Gasteiger partial charge in [0.15, 0.2) is 0 Å². The summed E-state index contributed by atoms with van der Waals surface area (Å²) in [5, 5.41) is 4.18. The highest BCUT2D eigenvalue weighted by atomic mass is 16.5. The molecule has 7 heteroatoms. The van der Waals surface area contributed by atoms with Crippen molar-refractivity contribution in [1.29, 1.82) is 0 Å². The van der Waals surface area contributed by atoms with E-state index < -0.39 is 0 Å². The van der Waals surface area contributed by atoms with Gasteiger partial charge in [0.25, 0.3) is 0 Å². The predicted octanol–water partition coefficient (Wildman–Crippen LogP) is 3.99. The maximum Gasteiger partial charge on any atom is 0.227 e. The van der Waals surface area contributed by atoms with E-state index in [1.165, 1.54) is 32.3 Å². The SMILES string of the molecule is C#Cc1cccc(Nc2ncnc3cc(OC)c(CC(=O)N4CCC(N5CCCC5)CC4)cc23)c1. The highest BCUT2D eigenvalue weighted by molar-refractivity contribution is 5.93. The molecule has 180 valence electrons. The number of fused-ring (bicyclic) bond motifs is 1. The van der Waals surface area contributed by atoms with E-state index in [4.69, 9.17) is 11.2 Å². The normalized spacial score (nSPS) is 16.9. The molecule has 0 radical (unpaired) electrons. The maximum absolute atomic E-state index is 13.2. The summed E-state index contributed by atoms with van der Waals surface area (Å²) < 4.78 is 5.63. The Balaban J connectivity index is 1.35. The molecular formula is C28H31N5O2. The lowest BCUT2D eigenvalue weighted by Crippen LogP contribution is -2.46. The van der Waals surface area contributed by atoms with Crippen LogP contribution in [0.25, 0.3) is 10.9 Å². The highest BCUT2D eigenvalue weighted by Crippen LogP contribution is 2.31. The first-order valence-electron chi connectivity index (χ1n) is 12.3. The minimum absolute atomic E-state index is 0.135. The number of carbonyl (C=O) groups excluding carboxylic acids is 1. The molecule has 3 aromatic rings. The summed E-state index contributed by atoms with van der Waals surface area (Å²) in [6.07, 6.45) is 12.1. The third kappa shape index (κ3) is 5.08. The van der Waals surface area contributed by atoms with Crippen LogP contribution in [0.5, 0.6) is 5.75 Å². The van der Waals surface area contributed by atoms with Crippen LogP contribution in [0, 0.1) is 12.3 Å². The lowest BCUT2D eigenvalue weighted by Gasteiger charge is -2.36. The zero-order chi connectivity index (χ0) is 24.2. The summed E-state index contributed by atoms with van der Waals surface area (Å²) in [7, 11) is 1.63. The molecule has 0 unspecified atom stereocenters. The van der Waals surface area contributed by atoms with Gasteiger partial charge in [0.1, 0.15) is 17.9 Å². The van der Waals surface area contributed by atoms with Gasteiger partial charge in [-0.3, -0.25) is 4.79 Å². The first-order valence-corrected chi connectivity index (χ1v) is 12.3. The number of hydrogen-bond donors (Lipinski definition) is 1.